The molecule has 12 heteroatoms. The van der Waals surface area contributed by atoms with Gasteiger partial charge in [-0.05, 0) is 33.6 Å². The number of nitrogens with two attached hydrogens (primary N) is 1. The number of rotatable bonds is 4. The van der Waals surface area contributed by atoms with Crippen molar-refractivity contribution in [1.82, 2.24) is 30.6 Å². The monoisotopic (exact) mass is 379 g/mol. The second-order valence-corrected chi connectivity index (χ2v) is 7.00. The average Bonchev–Trinajstić information content (AvgIpc) is 3.30. The molecule has 1 saturated heterocycles. The Hall–Kier alpha value is -3.18. The molecule has 0 saturated carbocycles. The number of nitrogens with zero attached hydrogens (tertiary/aromatic N) is 5. The van der Waals surface area contributed by atoms with Gasteiger partial charge in [0.05, 0.1) is 6.54 Å². The fraction of sp³-hybridized carbons (Fsp3) is 0.600. The van der Waals surface area contributed by atoms with Crippen LogP contribution in [-0.2, 0) is 11.3 Å². The van der Waals surface area contributed by atoms with Crippen molar-refractivity contribution in [2.24, 2.45) is 0 Å². The summed E-state index contributed by atoms with van der Waals surface area (Å²) in [6.45, 7) is 5.87. The first-order valence-electron chi connectivity index (χ1n) is 8.42. The highest BCUT2D eigenvalue weighted by Crippen LogP contribution is 2.32. The Bertz CT molecular complexity index is 825. The third-order valence-corrected chi connectivity index (χ3v) is 3.69. The number of carbonyl (C=O) groups excluding carboxylic acids is 2. The van der Waals surface area contributed by atoms with Gasteiger partial charge in [0.25, 0.3) is 11.7 Å². The molecule has 1 unspecified atom stereocenters. The molecule has 0 bridgehead atoms. The summed E-state index contributed by atoms with van der Waals surface area (Å²) in [5, 5.41) is 13.3. The number of anilines is 1. The van der Waals surface area contributed by atoms with Crippen LogP contribution < -0.4 is 11.1 Å². The third kappa shape index (κ3) is 4.51. The first-order valence-corrected chi connectivity index (χ1v) is 8.42. The molecular formula is C15H21N7O5. The van der Waals surface area contributed by atoms with E-state index in [1.165, 1.54) is 4.90 Å². The van der Waals surface area contributed by atoms with Crippen LogP contribution in [0.3, 0.4) is 0 Å². The third-order valence-electron chi connectivity index (χ3n) is 3.69. The van der Waals surface area contributed by atoms with Crippen molar-refractivity contribution in [2.75, 3.05) is 12.3 Å². The Kier molecular flexibility index (Phi) is 4.97. The van der Waals surface area contributed by atoms with E-state index in [4.69, 9.17) is 19.4 Å². The largest absolute Gasteiger partial charge is 0.444 e. The van der Waals surface area contributed by atoms with Crippen LogP contribution in [0.2, 0.25) is 0 Å². The molecule has 0 aromatic carbocycles. The van der Waals surface area contributed by atoms with Gasteiger partial charge in [0.1, 0.15) is 11.6 Å². The number of hydrogen-bond donors (Lipinski definition) is 2. The molecule has 0 spiro atoms. The van der Waals surface area contributed by atoms with E-state index in [1.54, 1.807) is 20.8 Å². The Balaban J connectivity index is 1.63. The summed E-state index contributed by atoms with van der Waals surface area (Å²) in [4.78, 5) is 30.1. The van der Waals surface area contributed by atoms with Gasteiger partial charge in [-0.2, -0.15) is 4.98 Å². The van der Waals surface area contributed by atoms with Crippen LogP contribution in [0.25, 0.3) is 0 Å². The number of aromatic nitrogens is 4. The van der Waals surface area contributed by atoms with E-state index < -0.39 is 23.6 Å². The summed E-state index contributed by atoms with van der Waals surface area (Å²) in [6.07, 6.45) is 0.957. The van der Waals surface area contributed by atoms with Crippen LogP contribution in [0.4, 0.5) is 10.8 Å². The number of ether oxygens (including phenoxy) is 1. The zero-order valence-electron chi connectivity index (χ0n) is 15.3. The number of carbonyl (C=O) groups is 2. The molecule has 146 valence electrons. The maximum absolute atomic E-state index is 12.3. The van der Waals surface area contributed by atoms with Gasteiger partial charge < -0.3 is 24.7 Å². The highest BCUT2D eigenvalue weighted by molar-refractivity contribution is 5.90. The maximum atomic E-state index is 12.3. The number of nitrogens with one attached hydrogen (secondary N) is 1. The maximum Gasteiger partial charge on any atom is 0.410 e. The van der Waals surface area contributed by atoms with Crippen molar-refractivity contribution < 1.29 is 23.3 Å². The van der Waals surface area contributed by atoms with Gasteiger partial charge in [0.2, 0.25) is 11.8 Å². The number of amides is 2. The molecule has 3 heterocycles. The molecule has 1 aliphatic heterocycles. The molecule has 12 nitrogen and oxygen atoms in total. The lowest BCUT2D eigenvalue weighted by Crippen LogP contribution is -2.36. The van der Waals surface area contributed by atoms with E-state index in [2.05, 4.69) is 25.7 Å². The zero-order chi connectivity index (χ0) is 19.6. The lowest BCUT2D eigenvalue weighted by molar-refractivity contribution is 0.0199. The van der Waals surface area contributed by atoms with E-state index in [1.807, 2.05) is 0 Å². The molecule has 2 aromatic heterocycles. The second-order valence-electron chi connectivity index (χ2n) is 7.00. The van der Waals surface area contributed by atoms with Gasteiger partial charge in [-0.15, -0.1) is 5.10 Å². The number of nitrogen functional groups attached to an aromatic ring is 1. The van der Waals surface area contributed by atoms with Crippen LogP contribution in [0.5, 0.6) is 0 Å². The van der Waals surface area contributed by atoms with Gasteiger partial charge in [-0.25, -0.2) is 4.79 Å². The van der Waals surface area contributed by atoms with Gasteiger partial charge in [-0.1, -0.05) is 10.3 Å². The van der Waals surface area contributed by atoms with Crippen molar-refractivity contribution in [2.45, 2.75) is 51.8 Å². The average molecular weight is 379 g/mol. The fourth-order valence-corrected chi connectivity index (χ4v) is 2.60. The summed E-state index contributed by atoms with van der Waals surface area (Å²) in [7, 11) is 0. The molecule has 1 atom stereocenters. The SMILES string of the molecule is CC(C)(C)OC(=O)N1CCCC1c1nc(C(=O)NCc2nnc(N)o2)no1. The van der Waals surface area contributed by atoms with Crippen molar-refractivity contribution in [3.8, 4) is 0 Å². The van der Waals surface area contributed by atoms with E-state index in [0.717, 1.165) is 6.42 Å². The lowest BCUT2D eigenvalue weighted by atomic mass is 10.2. The lowest BCUT2D eigenvalue weighted by Gasteiger charge is -2.26. The van der Waals surface area contributed by atoms with Crippen molar-refractivity contribution in [3.05, 3.63) is 17.6 Å². The normalized spacial score (nSPS) is 17.1. The second kappa shape index (κ2) is 7.21. The van der Waals surface area contributed by atoms with Crippen LogP contribution in [-0.4, -0.2) is 49.4 Å². The van der Waals surface area contributed by atoms with Crippen molar-refractivity contribution in [3.63, 3.8) is 0 Å². The summed E-state index contributed by atoms with van der Waals surface area (Å²) >= 11 is 0. The topological polar surface area (TPSA) is 162 Å². The van der Waals surface area contributed by atoms with E-state index in [0.29, 0.717) is 13.0 Å². The standard InChI is InChI=1S/C15H21N7O5/c1-15(2,3)26-14(24)22-6-4-5-8(22)12-18-10(21-27-12)11(23)17-7-9-19-20-13(16)25-9/h8H,4-7H2,1-3H3,(H2,16,20)(H,17,23). The molecule has 0 radical (unpaired) electrons. The zero-order valence-corrected chi connectivity index (χ0v) is 15.3. The van der Waals surface area contributed by atoms with Crippen LogP contribution in [0.15, 0.2) is 8.94 Å². The predicted octanol–water partition coefficient (Wildman–Crippen LogP) is 1.04. The molecule has 2 amide bonds. The van der Waals surface area contributed by atoms with Gasteiger partial charge in [-0.3, -0.25) is 9.69 Å². The van der Waals surface area contributed by atoms with Crippen LogP contribution in [0, 0.1) is 0 Å². The minimum Gasteiger partial charge on any atom is -0.444 e. The molecule has 0 aliphatic carbocycles. The Morgan fingerprint density at radius 3 is 2.81 bits per heavy atom. The number of likely N-dealkylation sites (tertiary alicyclic amines) is 1. The van der Waals surface area contributed by atoms with Crippen LogP contribution in [0.1, 0.15) is 62.1 Å². The predicted molar refractivity (Wildman–Crippen MR) is 89.1 cm³/mol. The molecule has 3 N–H and O–H groups in total. The molecule has 3 rings (SSSR count). The summed E-state index contributed by atoms with van der Waals surface area (Å²) < 4.78 is 15.6. The quantitative estimate of drug-likeness (QED) is 0.784. The highest BCUT2D eigenvalue weighted by Gasteiger charge is 2.37. The summed E-state index contributed by atoms with van der Waals surface area (Å²) in [5.41, 5.74) is 4.70. The van der Waals surface area contributed by atoms with E-state index in [-0.39, 0.29) is 30.2 Å². The Morgan fingerprint density at radius 1 is 1.37 bits per heavy atom. The smallest absolute Gasteiger partial charge is 0.410 e. The van der Waals surface area contributed by atoms with Crippen molar-refractivity contribution >= 4 is 18.0 Å². The summed E-state index contributed by atoms with van der Waals surface area (Å²) in [6, 6.07) is -0.519. The number of hydrogen-bond acceptors (Lipinski definition) is 10. The van der Waals surface area contributed by atoms with E-state index in [9.17, 15) is 9.59 Å². The van der Waals surface area contributed by atoms with E-state index >= 15 is 0 Å². The fourth-order valence-electron chi connectivity index (χ4n) is 2.60. The highest BCUT2D eigenvalue weighted by atomic mass is 16.6. The van der Waals surface area contributed by atoms with Gasteiger partial charge in [0.15, 0.2) is 0 Å². The molecular weight excluding hydrogens is 358 g/mol. The molecule has 1 fully saturated rings. The first kappa shape index (κ1) is 18.6. The van der Waals surface area contributed by atoms with Crippen molar-refractivity contribution in [1.29, 1.82) is 0 Å². The van der Waals surface area contributed by atoms with Gasteiger partial charge >= 0.3 is 12.1 Å². The van der Waals surface area contributed by atoms with Crippen LogP contribution >= 0.6 is 0 Å². The first-order chi connectivity index (χ1) is 12.7. The Labute approximate surface area is 154 Å². The summed E-state index contributed by atoms with van der Waals surface area (Å²) in [5.74, 6) is -0.404. The minimum atomic E-state index is -0.609. The Morgan fingerprint density at radius 2 is 2.15 bits per heavy atom. The molecule has 1 aliphatic rings. The molecule has 27 heavy (non-hydrogen) atoms. The van der Waals surface area contributed by atoms with Gasteiger partial charge in [0, 0.05) is 6.54 Å². The molecule has 2 aromatic rings. The minimum absolute atomic E-state index is 0.0274.